The third-order valence-electron chi connectivity index (χ3n) is 4.34. The van der Waals surface area contributed by atoms with Crippen molar-refractivity contribution in [2.24, 2.45) is 0 Å². The van der Waals surface area contributed by atoms with E-state index in [2.05, 4.69) is 5.32 Å². The van der Waals surface area contributed by atoms with Crippen LogP contribution in [0, 0.1) is 0 Å². The molecule has 2 rings (SSSR count). The molecular formula is C18H26N2O4. The number of ether oxygens (including phenoxy) is 2. The number of anilines is 1. The van der Waals surface area contributed by atoms with Crippen LogP contribution in [0.4, 0.5) is 5.69 Å². The maximum atomic E-state index is 12.7. The number of nitrogens with zero attached hydrogens (tertiary/aromatic N) is 1. The van der Waals surface area contributed by atoms with Crippen LogP contribution in [0.25, 0.3) is 0 Å². The molecule has 2 amide bonds. The van der Waals surface area contributed by atoms with Crippen molar-refractivity contribution >= 4 is 17.5 Å². The summed E-state index contributed by atoms with van der Waals surface area (Å²) in [5.41, 5.74) is -0.272. The summed E-state index contributed by atoms with van der Waals surface area (Å²) in [4.78, 5) is 26.8. The molecule has 132 valence electrons. The highest BCUT2D eigenvalue weighted by Crippen LogP contribution is 2.39. The molecule has 1 aromatic rings. The second kappa shape index (κ2) is 8.15. The Bertz CT molecular complexity index is 590. The van der Waals surface area contributed by atoms with E-state index in [1.54, 1.807) is 18.1 Å². The van der Waals surface area contributed by atoms with Gasteiger partial charge in [0.15, 0.2) is 0 Å². The first-order valence-corrected chi connectivity index (χ1v) is 8.36. The number of benzene rings is 1. The number of nitrogens with one attached hydrogen (secondary N) is 1. The summed E-state index contributed by atoms with van der Waals surface area (Å²) in [6.07, 6.45) is 1.58. The minimum atomic E-state index is -0.905. The lowest BCUT2D eigenvalue weighted by Crippen LogP contribution is -2.55. The number of para-hydroxylation sites is 2. The molecule has 1 aromatic carbocycles. The zero-order valence-electron chi connectivity index (χ0n) is 14.6. The van der Waals surface area contributed by atoms with Crippen molar-refractivity contribution in [1.82, 2.24) is 5.32 Å². The molecule has 1 atom stereocenters. The van der Waals surface area contributed by atoms with Gasteiger partial charge in [0.25, 0.3) is 0 Å². The maximum Gasteiger partial charge on any atom is 0.246 e. The lowest BCUT2D eigenvalue weighted by Gasteiger charge is -2.34. The summed E-state index contributed by atoms with van der Waals surface area (Å²) >= 11 is 0. The standard InChI is InChI=1S/C18H26N2O4/c1-4-24-13-7-12-19-17(22)18(2)11-10-16(21)20(18)14-8-5-6-9-15(14)23-3/h5-6,8-9H,4,7,10-13H2,1-3H3,(H,19,22)/t18-/m1/s1. The quantitative estimate of drug-likeness (QED) is 0.740. The first-order valence-electron chi connectivity index (χ1n) is 8.36. The van der Waals surface area contributed by atoms with Crippen LogP contribution in [0.1, 0.15) is 33.1 Å². The largest absolute Gasteiger partial charge is 0.495 e. The summed E-state index contributed by atoms with van der Waals surface area (Å²) in [6, 6.07) is 7.28. The number of hydrogen-bond acceptors (Lipinski definition) is 4. The molecule has 1 N–H and O–H groups in total. The lowest BCUT2D eigenvalue weighted by atomic mass is 9.97. The zero-order valence-corrected chi connectivity index (χ0v) is 14.6. The van der Waals surface area contributed by atoms with Gasteiger partial charge < -0.3 is 14.8 Å². The van der Waals surface area contributed by atoms with Gasteiger partial charge in [0.2, 0.25) is 11.8 Å². The first-order chi connectivity index (χ1) is 11.5. The Balaban J connectivity index is 2.14. The van der Waals surface area contributed by atoms with Gasteiger partial charge in [-0.3, -0.25) is 14.5 Å². The van der Waals surface area contributed by atoms with Gasteiger partial charge in [0.05, 0.1) is 12.8 Å². The predicted octanol–water partition coefficient (Wildman–Crippen LogP) is 2.12. The van der Waals surface area contributed by atoms with Crippen molar-refractivity contribution in [2.45, 2.75) is 38.6 Å². The van der Waals surface area contributed by atoms with E-state index in [1.165, 1.54) is 0 Å². The molecule has 1 aliphatic rings. The monoisotopic (exact) mass is 334 g/mol. The van der Waals surface area contributed by atoms with Gasteiger partial charge in [-0.1, -0.05) is 12.1 Å². The normalized spacial score (nSPS) is 20.3. The molecule has 0 radical (unpaired) electrons. The highest BCUT2D eigenvalue weighted by molar-refractivity contribution is 6.07. The van der Waals surface area contributed by atoms with Crippen molar-refractivity contribution in [3.63, 3.8) is 0 Å². The molecule has 6 heteroatoms. The number of hydrogen-bond donors (Lipinski definition) is 1. The smallest absolute Gasteiger partial charge is 0.246 e. The van der Waals surface area contributed by atoms with E-state index < -0.39 is 5.54 Å². The molecule has 0 spiro atoms. The number of amides is 2. The fourth-order valence-corrected chi connectivity index (χ4v) is 2.99. The number of methoxy groups -OCH3 is 1. The Morgan fingerprint density at radius 1 is 1.38 bits per heavy atom. The second-order valence-corrected chi connectivity index (χ2v) is 5.98. The summed E-state index contributed by atoms with van der Waals surface area (Å²) in [5, 5.41) is 2.93. The van der Waals surface area contributed by atoms with Gasteiger partial charge in [-0.05, 0) is 38.8 Å². The van der Waals surface area contributed by atoms with E-state index in [9.17, 15) is 9.59 Å². The van der Waals surface area contributed by atoms with Crippen molar-refractivity contribution in [3.8, 4) is 5.75 Å². The summed E-state index contributed by atoms with van der Waals surface area (Å²) in [6.45, 7) is 5.56. The molecule has 24 heavy (non-hydrogen) atoms. The summed E-state index contributed by atoms with van der Waals surface area (Å²) in [5.74, 6) is 0.380. The molecule has 1 fully saturated rings. The van der Waals surface area contributed by atoms with Crippen molar-refractivity contribution < 1.29 is 19.1 Å². The SMILES string of the molecule is CCOCCCNC(=O)[C@@]1(C)CCC(=O)N1c1ccccc1OC. The van der Waals surface area contributed by atoms with E-state index in [0.29, 0.717) is 44.0 Å². The van der Waals surface area contributed by atoms with Crippen molar-refractivity contribution in [1.29, 1.82) is 0 Å². The van der Waals surface area contributed by atoms with Crippen LogP contribution in [0.2, 0.25) is 0 Å². The Kier molecular flexibility index (Phi) is 6.20. The Morgan fingerprint density at radius 3 is 2.83 bits per heavy atom. The van der Waals surface area contributed by atoms with Gasteiger partial charge in [0, 0.05) is 26.2 Å². The molecule has 6 nitrogen and oxygen atoms in total. The van der Waals surface area contributed by atoms with E-state index in [1.807, 2.05) is 32.0 Å². The maximum absolute atomic E-state index is 12.7. The molecule has 0 aromatic heterocycles. The number of carbonyl (C=O) groups excluding carboxylic acids is 2. The average Bonchev–Trinajstić information content (AvgIpc) is 2.90. The average molecular weight is 334 g/mol. The predicted molar refractivity (Wildman–Crippen MR) is 92.2 cm³/mol. The highest BCUT2D eigenvalue weighted by atomic mass is 16.5. The Morgan fingerprint density at radius 2 is 2.12 bits per heavy atom. The molecule has 0 saturated carbocycles. The van der Waals surface area contributed by atoms with Crippen molar-refractivity contribution in [3.05, 3.63) is 24.3 Å². The third kappa shape index (κ3) is 3.70. The molecule has 1 aliphatic heterocycles. The lowest BCUT2D eigenvalue weighted by molar-refractivity contribution is -0.127. The van der Waals surface area contributed by atoms with Crippen molar-refractivity contribution in [2.75, 3.05) is 31.8 Å². The van der Waals surface area contributed by atoms with Gasteiger partial charge in [0.1, 0.15) is 11.3 Å². The van der Waals surface area contributed by atoms with E-state index in [-0.39, 0.29) is 11.8 Å². The van der Waals surface area contributed by atoms with E-state index in [4.69, 9.17) is 9.47 Å². The van der Waals surface area contributed by atoms with Gasteiger partial charge in [-0.25, -0.2) is 0 Å². The fraction of sp³-hybridized carbons (Fsp3) is 0.556. The van der Waals surface area contributed by atoms with Gasteiger partial charge in [-0.2, -0.15) is 0 Å². The van der Waals surface area contributed by atoms with Gasteiger partial charge in [-0.15, -0.1) is 0 Å². The molecule has 1 heterocycles. The topological polar surface area (TPSA) is 67.9 Å². The fourth-order valence-electron chi connectivity index (χ4n) is 2.99. The molecule has 0 bridgehead atoms. The first kappa shape index (κ1) is 18.3. The molecular weight excluding hydrogens is 308 g/mol. The minimum absolute atomic E-state index is 0.0635. The van der Waals surface area contributed by atoms with Crippen LogP contribution in [-0.4, -0.2) is 44.2 Å². The van der Waals surface area contributed by atoms with Crippen LogP contribution >= 0.6 is 0 Å². The van der Waals surface area contributed by atoms with Crippen LogP contribution < -0.4 is 15.0 Å². The van der Waals surface area contributed by atoms with Crippen LogP contribution in [-0.2, 0) is 14.3 Å². The van der Waals surface area contributed by atoms with Crippen LogP contribution in [0.3, 0.4) is 0 Å². The van der Waals surface area contributed by atoms with Crippen LogP contribution in [0.15, 0.2) is 24.3 Å². The number of carbonyl (C=O) groups is 2. The van der Waals surface area contributed by atoms with E-state index >= 15 is 0 Å². The van der Waals surface area contributed by atoms with Crippen LogP contribution in [0.5, 0.6) is 5.75 Å². The molecule has 1 saturated heterocycles. The van der Waals surface area contributed by atoms with E-state index in [0.717, 1.165) is 6.42 Å². The summed E-state index contributed by atoms with van der Waals surface area (Å²) < 4.78 is 10.6. The third-order valence-corrected chi connectivity index (χ3v) is 4.34. The highest BCUT2D eigenvalue weighted by Gasteiger charge is 2.48. The minimum Gasteiger partial charge on any atom is -0.495 e. The molecule has 0 unspecified atom stereocenters. The Hall–Kier alpha value is -2.08. The number of rotatable bonds is 8. The second-order valence-electron chi connectivity index (χ2n) is 5.98. The molecule has 0 aliphatic carbocycles. The van der Waals surface area contributed by atoms with Gasteiger partial charge >= 0.3 is 0 Å². The zero-order chi connectivity index (χ0) is 17.6. The summed E-state index contributed by atoms with van der Waals surface area (Å²) in [7, 11) is 1.56. The Labute approximate surface area is 143 Å².